The Morgan fingerprint density at radius 3 is 2.64 bits per heavy atom. The number of hydrogen-bond acceptors (Lipinski definition) is 7. The maximum atomic E-state index is 13.1. The van der Waals surface area contributed by atoms with E-state index in [-0.39, 0.29) is 11.9 Å². The molecule has 9 heteroatoms. The van der Waals surface area contributed by atoms with Crippen molar-refractivity contribution in [2.24, 2.45) is 7.05 Å². The van der Waals surface area contributed by atoms with Crippen LogP contribution < -0.4 is 4.90 Å². The molecule has 2 atom stereocenters. The van der Waals surface area contributed by atoms with Gasteiger partial charge in [-0.2, -0.15) is 5.10 Å². The third-order valence-electron chi connectivity index (χ3n) is 7.63. The van der Waals surface area contributed by atoms with Crippen molar-refractivity contribution >= 4 is 55.0 Å². The molecule has 0 spiro atoms. The summed E-state index contributed by atoms with van der Waals surface area (Å²) in [6.07, 6.45) is 1.11. The van der Waals surface area contributed by atoms with Gasteiger partial charge in [0.25, 0.3) is 0 Å². The molecule has 218 valence electrons. The number of carbonyl (C=O) groups excluding carboxylic acids is 1. The second kappa shape index (κ2) is 11.1. The summed E-state index contributed by atoms with van der Waals surface area (Å²) < 4.78 is 15.5. The number of Topliss-reactive ketones (excluding diaryl/α,β-unsaturated/α-hetero) is 1. The number of ketones is 1. The van der Waals surface area contributed by atoms with Gasteiger partial charge >= 0.3 is 0 Å². The largest absolute Gasteiger partial charge is 0.370 e. The van der Waals surface area contributed by atoms with Crippen LogP contribution in [0.2, 0.25) is 5.02 Å². The summed E-state index contributed by atoms with van der Waals surface area (Å²) in [7, 11) is 1.95. The highest BCUT2D eigenvalue weighted by Crippen LogP contribution is 2.45. The fourth-order valence-corrected chi connectivity index (χ4v) is 6.97. The number of anilines is 1. The minimum atomic E-state index is -0.708. The fourth-order valence-electron chi connectivity index (χ4n) is 5.68. The average molecular weight is 603 g/mol. The number of aryl methyl sites for hydroxylation is 2. The van der Waals surface area contributed by atoms with E-state index < -0.39 is 11.7 Å². The third-order valence-corrected chi connectivity index (χ3v) is 9.03. The van der Waals surface area contributed by atoms with Gasteiger partial charge in [-0.3, -0.25) is 9.48 Å². The minimum absolute atomic E-state index is 0.0334. The Balaban J connectivity index is 1.44. The van der Waals surface area contributed by atoms with Gasteiger partial charge in [0.15, 0.2) is 10.9 Å². The Hall–Kier alpha value is -3.30. The first-order valence-electron chi connectivity index (χ1n) is 14.1. The smallest absolute Gasteiger partial charge is 0.186 e. The molecule has 0 aliphatic carbocycles. The van der Waals surface area contributed by atoms with E-state index >= 15 is 0 Å². The van der Waals surface area contributed by atoms with Crippen LogP contribution in [0.1, 0.15) is 56.6 Å². The lowest BCUT2D eigenvalue weighted by Gasteiger charge is -2.33. The molecular weight excluding hydrogens is 568 g/mol. The Morgan fingerprint density at radius 2 is 1.93 bits per heavy atom. The lowest BCUT2D eigenvalue weighted by atomic mass is 9.90. The summed E-state index contributed by atoms with van der Waals surface area (Å²) in [4.78, 5) is 20.5. The number of rotatable bonds is 6. The van der Waals surface area contributed by atoms with Gasteiger partial charge in [0.05, 0.1) is 40.7 Å². The van der Waals surface area contributed by atoms with Gasteiger partial charge in [0.1, 0.15) is 12.2 Å². The number of morpholine rings is 1. The van der Waals surface area contributed by atoms with Crippen molar-refractivity contribution in [3.8, 4) is 11.1 Å². The molecule has 2 aromatic heterocycles. The quantitative estimate of drug-likeness (QED) is 0.197. The van der Waals surface area contributed by atoms with Crippen LogP contribution in [0.4, 0.5) is 5.13 Å². The summed E-state index contributed by atoms with van der Waals surface area (Å²) >= 11 is 7.93. The topological polar surface area (TPSA) is 69.5 Å². The molecule has 3 aromatic carbocycles. The highest BCUT2D eigenvalue weighted by molar-refractivity contribution is 7.22. The first-order valence-corrected chi connectivity index (χ1v) is 15.3. The summed E-state index contributed by atoms with van der Waals surface area (Å²) in [5.74, 6) is -0.0334. The zero-order valence-electron chi connectivity index (χ0n) is 24.8. The molecule has 1 fully saturated rings. The predicted octanol–water partition coefficient (Wildman–Crippen LogP) is 7.83. The van der Waals surface area contributed by atoms with Gasteiger partial charge in [-0.1, -0.05) is 41.1 Å². The SMILES string of the molecule is CC(=O)[C@@H](OC(C)(C)C)c1c(C)cc2nc(N3CCOC(c4ccc5c(cnn5C)c4)C3)sc2c1-c1ccc(Cl)cc1. The molecule has 1 unspecified atom stereocenters. The van der Waals surface area contributed by atoms with Gasteiger partial charge in [0, 0.05) is 35.1 Å². The van der Waals surface area contributed by atoms with E-state index in [0.717, 1.165) is 60.6 Å². The molecule has 3 heterocycles. The van der Waals surface area contributed by atoms with Crippen molar-refractivity contribution in [2.45, 2.75) is 52.4 Å². The van der Waals surface area contributed by atoms with Crippen molar-refractivity contribution in [1.82, 2.24) is 14.8 Å². The molecule has 7 nitrogen and oxygen atoms in total. The summed E-state index contributed by atoms with van der Waals surface area (Å²) in [5, 5.41) is 7.08. The molecular formula is C33H35ClN4O3S. The Morgan fingerprint density at radius 1 is 1.17 bits per heavy atom. The number of fused-ring (bicyclic) bond motifs is 2. The zero-order valence-corrected chi connectivity index (χ0v) is 26.3. The lowest BCUT2D eigenvalue weighted by molar-refractivity contribution is -0.138. The second-order valence-corrected chi connectivity index (χ2v) is 13.4. The first-order chi connectivity index (χ1) is 20.0. The molecule has 0 bridgehead atoms. The van der Waals surface area contributed by atoms with Crippen LogP contribution in [0.5, 0.6) is 0 Å². The maximum absolute atomic E-state index is 13.1. The minimum Gasteiger partial charge on any atom is -0.370 e. The van der Waals surface area contributed by atoms with E-state index in [9.17, 15) is 4.79 Å². The number of nitrogens with zero attached hydrogens (tertiary/aromatic N) is 4. The predicted molar refractivity (Wildman–Crippen MR) is 171 cm³/mol. The van der Waals surface area contributed by atoms with E-state index in [1.807, 2.05) is 69.9 Å². The fraction of sp³-hybridized carbons (Fsp3) is 0.364. The third kappa shape index (κ3) is 5.56. The highest BCUT2D eigenvalue weighted by atomic mass is 35.5. The number of ether oxygens (including phenoxy) is 2. The zero-order chi connectivity index (χ0) is 29.8. The standard InChI is InChI=1S/C33H35ClN4O3S/c1-19-15-25-31(29(21-7-10-24(34)11-8-21)28(19)30(20(2)39)41-33(3,4)5)42-32(36-25)38-13-14-40-27(18-38)22-9-12-26-23(16-22)17-35-37(26)6/h7-12,15-17,27,30H,13-14,18H2,1-6H3/t27?,30-/m1/s1. The van der Waals surface area contributed by atoms with Gasteiger partial charge in [-0.15, -0.1) is 0 Å². The average Bonchev–Trinajstić information content (AvgIpc) is 3.54. The van der Waals surface area contributed by atoms with E-state index in [2.05, 4.69) is 34.3 Å². The van der Waals surface area contributed by atoms with Crippen LogP contribution in [0.15, 0.2) is 54.7 Å². The molecule has 0 radical (unpaired) electrons. The van der Waals surface area contributed by atoms with Crippen molar-refractivity contribution in [3.05, 3.63) is 76.4 Å². The monoisotopic (exact) mass is 602 g/mol. The Kier molecular flexibility index (Phi) is 7.60. The van der Waals surface area contributed by atoms with Crippen LogP contribution in [-0.4, -0.2) is 45.8 Å². The Bertz CT molecular complexity index is 1790. The van der Waals surface area contributed by atoms with Crippen molar-refractivity contribution in [3.63, 3.8) is 0 Å². The molecule has 0 N–H and O–H groups in total. The van der Waals surface area contributed by atoms with E-state index in [1.54, 1.807) is 18.3 Å². The van der Waals surface area contributed by atoms with Gasteiger partial charge < -0.3 is 14.4 Å². The van der Waals surface area contributed by atoms with E-state index in [4.69, 9.17) is 26.1 Å². The van der Waals surface area contributed by atoms with Crippen LogP contribution in [0.3, 0.4) is 0 Å². The highest BCUT2D eigenvalue weighted by Gasteiger charge is 2.31. The number of aromatic nitrogens is 3. The molecule has 0 saturated carbocycles. The van der Waals surface area contributed by atoms with Gasteiger partial charge in [-0.25, -0.2) is 4.98 Å². The lowest BCUT2D eigenvalue weighted by Crippen LogP contribution is -2.38. The number of carbonyl (C=O) groups is 1. The number of benzene rings is 3. The Labute approximate surface area is 255 Å². The maximum Gasteiger partial charge on any atom is 0.186 e. The number of hydrogen-bond donors (Lipinski definition) is 0. The molecule has 1 saturated heterocycles. The van der Waals surface area contributed by atoms with Gasteiger partial charge in [-0.05, 0) is 81.6 Å². The van der Waals surface area contributed by atoms with Crippen LogP contribution >= 0.6 is 22.9 Å². The van der Waals surface area contributed by atoms with Crippen LogP contribution in [-0.2, 0) is 21.3 Å². The molecule has 1 aliphatic rings. The molecule has 5 aromatic rings. The molecule has 42 heavy (non-hydrogen) atoms. The van der Waals surface area contributed by atoms with E-state index in [0.29, 0.717) is 18.2 Å². The summed E-state index contributed by atoms with van der Waals surface area (Å²) in [5.41, 5.74) is 6.43. The molecule has 1 aliphatic heterocycles. The summed E-state index contributed by atoms with van der Waals surface area (Å²) in [6, 6.07) is 16.3. The first kappa shape index (κ1) is 28.8. The van der Waals surface area contributed by atoms with Gasteiger partial charge in [0.2, 0.25) is 0 Å². The summed E-state index contributed by atoms with van der Waals surface area (Å²) in [6.45, 7) is 11.6. The van der Waals surface area contributed by atoms with Crippen LogP contribution in [0.25, 0.3) is 32.2 Å². The van der Waals surface area contributed by atoms with Crippen molar-refractivity contribution < 1.29 is 14.3 Å². The number of thiazole rings is 1. The molecule has 0 amide bonds. The van der Waals surface area contributed by atoms with Crippen molar-refractivity contribution in [1.29, 1.82) is 0 Å². The van der Waals surface area contributed by atoms with Crippen LogP contribution in [0, 0.1) is 6.92 Å². The van der Waals surface area contributed by atoms with Crippen molar-refractivity contribution in [2.75, 3.05) is 24.6 Å². The molecule has 6 rings (SSSR count). The normalized spacial score (nSPS) is 16.8. The number of halogens is 1. The van der Waals surface area contributed by atoms with E-state index in [1.165, 1.54) is 0 Å². The second-order valence-electron chi connectivity index (χ2n) is 11.9.